The van der Waals surface area contributed by atoms with Gasteiger partial charge in [-0.05, 0) is 48.4 Å². The second-order valence-electron chi connectivity index (χ2n) is 5.34. The molecule has 2 aromatic carbocycles. The van der Waals surface area contributed by atoms with Crippen molar-refractivity contribution in [2.45, 2.75) is 13.3 Å². The van der Waals surface area contributed by atoms with Gasteiger partial charge in [0, 0.05) is 0 Å². The maximum absolute atomic E-state index is 11.7. The van der Waals surface area contributed by atoms with E-state index in [2.05, 4.69) is 10.5 Å². The van der Waals surface area contributed by atoms with E-state index in [1.54, 1.807) is 42.5 Å². The van der Waals surface area contributed by atoms with Gasteiger partial charge in [0.05, 0.1) is 18.4 Å². The lowest BCUT2D eigenvalue weighted by molar-refractivity contribution is -0.123. The molecule has 0 fully saturated rings. The highest BCUT2D eigenvalue weighted by Gasteiger charge is 2.07. The molecule has 0 unspecified atom stereocenters. The smallest absolute Gasteiger partial charge is 0.338 e. The number of esters is 1. The van der Waals surface area contributed by atoms with E-state index in [1.165, 1.54) is 12.3 Å². The van der Waals surface area contributed by atoms with Crippen LogP contribution in [-0.2, 0) is 9.53 Å². The predicted molar refractivity (Wildman–Crippen MR) is 96.4 cm³/mol. The summed E-state index contributed by atoms with van der Waals surface area (Å²) >= 11 is 0. The molecule has 0 atom stereocenters. The highest BCUT2D eigenvalue weighted by atomic mass is 16.5. The van der Waals surface area contributed by atoms with Crippen LogP contribution in [0.5, 0.6) is 11.5 Å². The minimum Gasteiger partial charge on any atom is -0.508 e. The Balaban J connectivity index is 1.77. The summed E-state index contributed by atoms with van der Waals surface area (Å²) < 4.78 is 10.4. The molecule has 2 rings (SSSR count). The van der Waals surface area contributed by atoms with Gasteiger partial charge in [0.25, 0.3) is 5.91 Å². The van der Waals surface area contributed by atoms with E-state index < -0.39 is 11.9 Å². The fourth-order valence-corrected chi connectivity index (χ4v) is 1.93. The first kappa shape index (κ1) is 19.0. The molecule has 0 aliphatic carbocycles. The number of phenolic OH excluding ortho intramolecular Hbond substituents is 1. The number of nitrogens with zero attached hydrogens (tertiary/aromatic N) is 1. The zero-order chi connectivity index (χ0) is 18.8. The monoisotopic (exact) mass is 356 g/mol. The lowest BCUT2D eigenvalue weighted by atomic mass is 10.2. The largest absolute Gasteiger partial charge is 0.508 e. The fourth-order valence-electron chi connectivity index (χ4n) is 1.93. The molecule has 0 heterocycles. The summed E-state index contributed by atoms with van der Waals surface area (Å²) in [6.07, 6.45) is 2.17. The predicted octanol–water partition coefficient (Wildman–Crippen LogP) is 2.49. The van der Waals surface area contributed by atoms with Crippen molar-refractivity contribution in [2.24, 2.45) is 5.10 Å². The summed E-state index contributed by atoms with van der Waals surface area (Å²) in [5.74, 6) is -0.264. The summed E-state index contributed by atoms with van der Waals surface area (Å²) in [4.78, 5) is 23.4. The van der Waals surface area contributed by atoms with Crippen molar-refractivity contribution in [3.8, 4) is 11.5 Å². The molecule has 0 saturated carbocycles. The van der Waals surface area contributed by atoms with E-state index in [4.69, 9.17) is 9.47 Å². The van der Waals surface area contributed by atoms with Gasteiger partial charge >= 0.3 is 5.97 Å². The molecule has 0 aromatic heterocycles. The zero-order valence-corrected chi connectivity index (χ0v) is 14.3. The number of phenols is 1. The van der Waals surface area contributed by atoms with Crippen molar-refractivity contribution in [1.29, 1.82) is 0 Å². The summed E-state index contributed by atoms with van der Waals surface area (Å²) in [5.41, 5.74) is 3.40. The molecular formula is C19H20N2O5. The van der Waals surface area contributed by atoms with E-state index in [1.807, 2.05) is 6.92 Å². The van der Waals surface area contributed by atoms with Crippen molar-refractivity contribution in [1.82, 2.24) is 5.43 Å². The second kappa shape index (κ2) is 9.83. The quantitative estimate of drug-likeness (QED) is 0.430. The number of carbonyl (C=O) groups is 2. The van der Waals surface area contributed by atoms with Gasteiger partial charge in [0.15, 0.2) is 6.61 Å². The highest BCUT2D eigenvalue weighted by molar-refractivity contribution is 5.89. The summed E-state index contributed by atoms with van der Waals surface area (Å²) in [6.45, 7) is 2.07. The summed E-state index contributed by atoms with van der Waals surface area (Å²) in [7, 11) is 0. The zero-order valence-electron chi connectivity index (χ0n) is 14.3. The number of hydrogen-bond acceptors (Lipinski definition) is 6. The maximum atomic E-state index is 11.7. The van der Waals surface area contributed by atoms with Crippen LogP contribution in [0.1, 0.15) is 29.3 Å². The number of carbonyl (C=O) groups excluding carboxylic acids is 2. The SMILES string of the molecule is CCCOC(=O)c1ccc(OCC(=O)NN=Cc2cccc(O)c2)cc1. The number of aromatic hydroxyl groups is 1. The van der Waals surface area contributed by atoms with Crippen molar-refractivity contribution in [2.75, 3.05) is 13.2 Å². The van der Waals surface area contributed by atoms with Crippen LogP contribution in [0.3, 0.4) is 0 Å². The molecule has 0 aliphatic heterocycles. The Morgan fingerprint density at radius 3 is 2.65 bits per heavy atom. The summed E-state index contributed by atoms with van der Waals surface area (Å²) in [6, 6.07) is 12.8. The van der Waals surface area contributed by atoms with Crippen LogP contribution in [0.2, 0.25) is 0 Å². The molecule has 2 N–H and O–H groups in total. The Morgan fingerprint density at radius 2 is 1.96 bits per heavy atom. The summed E-state index contributed by atoms with van der Waals surface area (Å²) in [5, 5.41) is 13.1. The van der Waals surface area contributed by atoms with Crippen molar-refractivity contribution in [3.63, 3.8) is 0 Å². The number of rotatable bonds is 8. The third kappa shape index (κ3) is 6.27. The Bertz CT molecular complexity index is 772. The Kier molecular flexibility index (Phi) is 7.17. The molecule has 1 amide bonds. The Hall–Kier alpha value is -3.35. The lowest BCUT2D eigenvalue weighted by Crippen LogP contribution is -2.24. The van der Waals surface area contributed by atoms with E-state index in [-0.39, 0.29) is 12.4 Å². The van der Waals surface area contributed by atoms with Crippen LogP contribution in [0.25, 0.3) is 0 Å². The molecule has 7 heteroatoms. The lowest BCUT2D eigenvalue weighted by Gasteiger charge is -2.06. The average Bonchev–Trinajstić information content (AvgIpc) is 2.65. The van der Waals surface area contributed by atoms with Gasteiger partial charge in [0.1, 0.15) is 11.5 Å². The van der Waals surface area contributed by atoms with E-state index in [0.717, 1.165) is 6.42 Å². The van der Waals surface area contributed by atoms with E-state index in [0.29, 0.717) is 23.5 Å². The fraction of sp³-hybridized carbons (Fsp3) is 0.211. The number of nitrogens with one attached hydrogen (secondary N) is 1. The third-order valence-electron chi connectivity index (χ3n) is 3.17. The van der Waals surface area contributed by atoms with Crippen LogP contribution in [-0.4, -0.2) is 36.4 Å². The minimum absolute atomic E-state index is 0.116. The molecule has 7 nitrogen and oxygen atoms in total. The first-order valence-electron chi connectivity index (χ1n) is 8.09. The van der Waals surface area contributed by atoms with Crippen molar-refractivity contribution < 1.29 is 24.2 Å². The third-order valence-corrected chi connectivity index (χ3v) is 3.17. The standard InChI is InChI=1S/C19H20N2O5/c1-2-10-25-19(24)15-6-8-17(9-7-15)26-13-18(23)21-20-12-14-4-3-5-16(22)11-14/h3-9,11-12,22H,2,10,13H2,1H3,(H,21,23). The van der Waals surface area contributed by atoms with Gasteiger partial charge in [-0.3, -0.25) is 4.79 Å². The first-order valence-corrected chi connectivity index (χ1v) is 8.09. The first-order chi connectivity index (χ1) is 12.6. The average molecular weight is 356 g/mol. The van der Waals surface area contributed by atoms with Gasteiger partial charge < -0.3 is 14.6 Å². The Labute approximate surface area is 151 Å². The van der Waals surface area contributed by atoms with Crippen LogP contribution < -0.4 is 10.2 Å². The van der Waals surface area contributed by atoms with Crippen LogP contribution in [0.15, 0.2) is 53.6 Å². The van der Waals surface area contributed by atoms with Gasteiger partial charge in [-0.1, -0.05) is 19.1 Å². The van der Waals surface area contributed by atoms with Crippen LogP contribution >= 0.6 is 0 Å². The maximum Gasteiger partial charge on any atom is 0.338 e. The molecule has 0 aliphatic rings. The molecule has 136 valence electrons. The number of amides is 1. The molecule has 0 bridgehead atoms. The molecule has 0 spiro atoms. The number of hydrazone groups is 1. The van der Waals surface area contributed by atoms with E-state index >= 15 is 0 Å². The molecule has 26 heavy (non-hydrogen) atoms. The topological polar surface area (TPSA) is 97.2 Å². The molecular weight excluding hydrogens is 336 g/mol. The van der Waals surface area contributed by atoms with Crippen molar-refractivity contribution >= 4 is 18.1 Å². The minimum atomic E-state index is -0.437. The number of benzene rings is 2. The van der Waals surface area contributed by atoms with Gasteiger partial charge in [-0.2, -0.15) is 5.10 Å². The second-order valence-corrected chi connectivity index (χ2v) is 5.34. The molecule has 0 radical (unpaired) electrons. The number of hydrogen-bond donors (Lipinski definition) is 2. The molecule has 2 aromatic rings. The normalized spacial score (nSPS) is 10.5. The number of ether oxygens (including phenoxy) is 2. The Morgan fingerprint density at radius 1 is 1.19 bits per heavy atom. The van der Waals surface area contributed by atoms with Crippen LogP contribution in [0, 0.1) is 0 Å². The van der Waals surface area contributed by atoms with Crippen LogP contribution in [0.4, 0.5) is 0 Å². The van der Waals surface area contributed by atoms with E-state index in [9.17, 15) is 14.7 Å². The van der Waals surface area contributed by atoms with Gasteiger partial charge in [-0.25, -0.2) is 10.2 Å². The highest BCUT2D eigenvalue weighted by Crippen LogP contribution is 2.13. The van der Waals surface area contributed by atoms with Gasteiger partial charge in [-0.15, -0.1) is 0 Å². The van der Waals surface area contributed by atoms with Gasteiger partial charge in [0.2, 0.25) is 0 Å². The van der Waals surface area contributed by atoms with Crippen molar-refractivity contribution in [3.05, 3.63) is 59.7 Å². The molecule has 0 saturated heterocycles.